The van der Waals surface area contributed by atoms with Crippen LogP contribution in [0.25, 0.3) is 6.08 Å². The average Bonchev–Trinajstić information content (AvgIpc) is 2.71. The monoisotopic (exact) mass is 422 g/mol. The van der Waals surface area contributed by atoms with Crippen molar-refractivity contribution in [2.24, 2.45) is 5.92 Å². The number of nitrogens with one attached hydrogen (secondary N) is 1. The summed E-state index contributed by atoms with van der Waals surface area (Å²) in [7, 11) is -0.438. The van der Waals surface area contributed by atoms with Crippen LogP contribution in [-0.2, 0) is 14.8 Å². The highest BCUT2D eigenvalue weighted by molar-refractivity contribution is 7.89. The molecule has 0 saturated carbocycles. The maximum atomic E-state index is 12.1. The van der Waals surface area contributed by atoms with E-state index in [2.05, 4.69) is 29.0 Å². The Hall–Kier alpha value is -1.74. The van der Waals surface area contributed by atoms with Gasteiger partial charge in [-0.1, -0.05) is 26.0 Å². The minimum absolute atomic E-state index is 0.141. The maximum Gasteiger partial charge on any atom is 0.244 e. The third-order valence-corrected chi connectivity index (χ3v) is 7.02. The van der Waals surface area contributed by atoms with Crippen molar-refractivity contribution in [3.05, 3.63) is 35.9 Å². The van der Waals surface area contributed by atoms with Crippen LogP contribution < -0.4 is 5.32 Å². The summed E-state index contributed by atoms with van der Waals surface area (Å²) in [6.07, 6.45) is 3.18. The van der Waals surface area contributed by atoms with Gasteiger partial charge in [0.2, 0.25) is 15.9 Å². The number of nitrogens with zero attached hydrogens (tertiary/aromatic N) is 3. The Bertz CT molecular complexity index is 783. The molecule has 0 bridgehead atoms. The summed E-state index contributed by atoms with van der Waals surface area (Å²) < 4.78 is 25.3. The van der Waals surface area contributed by atoms with Gasteiger partial charge in [-0.25, -0.2) is 12.7 Å². The summed E-state index contributed by atoms with van der Waals surface area (Å²) in [4.78, 5) is 17.2. The van der Waals surface area contributed by atoms with Gasteiger partial charge in [0.1, 0.15) is 0 Å². The van der Waals surface area contributed by atoms with E-state index in [1.165, 1.54) is 24.5 Å². The topological polar surface area (TPSA) is 73.0 Å². The summed E-state index contributed by atoms with van der Waals surface area (Å²) in [5.74, 6) is 0.244. The Morgan fingerprint density at radius 1 is 1.14 bits per heavy atom. The minimum atomic E-state index is -3.44. The molecular weight excluding hydrogens is 388 g/mol. The highest BCUT2D eigenvalue weighted by atomic mass is 32.2. The van der Waals surface area contributed by atoms with E-state index < -0.39 is 10.0 Å². The van der Waals surface area contributed by atoms with Crippen LogP contribution in [0, 0.1) is 5.92 Å². The fourth-order valence-electron chi connectivity index (χ4n) is 3.26. The van der Waals surface area contributed by atoms with Crippen molar-refractivity contribution in [3.8, 4) is 0 Å². The molecule has 1 N–H and O–H groups in total. The molecule has 1 aromatic rings. The van der Waals surface area contributed by atoms with Crippen molar-refractivity contribution >= 4 is 22.0 Å². The second kappa shape index (κ2) is 10.9. The van der Waals surface area contributed by atoms with Gasteiger partial charge in [0.15, 0.2) is 0 Å². The second-order valence-corrected chi connectivity index (χ2v) is 9.93. The molecule has 1 saturated heterocycles. The van der Waals surface area contributed by atoms with Crippen molar-refractivity contribution in [3.63, 3.8) is 0 Å². The predicted octanol–water partition coefficient (Wildman–Crippen LogP) is 1.34. The van der Waals surface area contributed by atoms with Crippen LogP contribution in [0.3, 0.4) is 0 Å². The molecule has 0 radical (unpaired) electrons. The number of hydrogen-bond acceptors (Lipinski definition) is 5. The Morgan fingerprint density at radius 2 is 1.72 bits per heavy atom. The fraction of sp³-hybridized carbons (Fsp3) is 0.571. The van der Waals surface area contributed by atoms with Crippen molar-refractivity contribution < 1.29 is 13.2 Å². The van der Waals surface area contributed by atoms with Gasteiger partial charge in [0.25, 0.3) is 0 Å². The molecule has 162 valence electrons. The summed E-state index contributed by atoms with van der Waals surface area (Å²) in [5, 5.41) is 2.95. The van der Waals surface area contributed by atoms with Gasteiger partial charge in [0, 0.05) is 59.4 Å². The molecule has 8 heteroatoms. The lowest BCUT2D eigenvalue weighted by atomic mass is 10.1. The Kier molecular flexibility index (Phi) is 8.82. The van der Waals surface area contributed by atoms with Gasteiger partial charge in [-0.15, -0.1) is 0 Å². The first-order valence-corrected chi connectivity index (χ1v) is 11.6. The molecule has 0 aliphatic carbocycles. The minimum Gasteiger partial charge on any atom is -0.352 e. The Morgan fingerprint density at radius 3 is 2.28 bits per heavy atom. The van der Waals surface area contributed by atoms with Crippen LogP contribution in [-0.4, -0.2) is 88.3 Å². The quantitative estimate of drug-likeness (QED) is 0.608. The van der Waals surface area contributed by atoms with E-state index in [9.17, 15) is 13.2 Å². The molecule has 0 aromatic heterocycles. The molecule has 0 spiro atoms. The molecule has 29 heavy (non-hydrogen) atoms. The Labute approximate surface area is 175 Å². The first kappa shape index (κ1) is 23.5. The third-order valence-electron chi connectivity index (χ3n) is 5.19. The van der Waals surface area contributed by atoms with Crippen LogP contribution >= 0.6 is 0 Å². The summed E-state index contributed by atoms with van der Waals surface area (Å²) in [5.41, 5.74) is 0.777. The second-order valence-electron chi connectivity index (χ2n) is 7.77. The molecule has 1 unspecified atom stereocenters. The molecule has 1 atom stereocenters. The molecule has 1 aliphatic rings. The van der Waals surface area contributed by atoms with Crippen molar-refractivity contribution in [2.45, 2.75) is 18.7 Å². The molecule has 1 amide bonds. The normalized spacial score (nSPS) is 17.7. The number of amides is 1. The van der Waals surface area contributed by atoms with Crippen molar-refractivity contribution in [2.75, 3.05) is 59.9 Å². The van der Waals surface area contributed by atoms with E-state index in [0.717, 1.165) is 44.8 Å². The van der Waals surface area contributed by atoms with Gasteiger partial charge in [-0.05, 0) is 36.2 Å². The zero-order chi connectivity index (χ0) is 21.4. The molecular formula is C21H34N4O3S. The highest BCUT2D eigenvalue weighted by Gasteiger charge is 2.18. The van der Waals surface area contributed by atoms with E-state index in [-0.39, 0.29) is 10.8 Å². The number of piperazine rings is 1. The molecule has 7 nitrogen and oxygen atoms in total. The molecule has 1 aromatic carbocycles. The van der Waals surface area contributed by atoms with Crippen molar-refractivity contribution in [1.82, 2.24) is 19.4 Å². The number of carbonyl (C=O) groups is 1. The number of sulfonamides is 1. The largest absolute Gasteiger partial charge is 0.352 e. The molecule has 1 aliphatic heterocycles. The maximum absolute atomic E-state index is 12.1. The summed E-state index contributed by atoms with van der Waals surface area (Å²) in [6, 6.07) is 6.48. The van der Waals surface area contributed by atoms with E-state index >= 15 is 0 Å². The number of hydrogen-bond donors (Lipinski definition) is 1. The molecule has 1 heterocycles. The number of likely N-dealkylation sites (N-methyl/N-ethyl adjacent to an activating group) is 1. The first-order valence-electron chi connectivity index (χ1n) is 10.2. The summed E-state index contributed by atoms with van der Waals surface area (Å²) >= 11 is 0. The standard InChI is InChI=1S/C21H34N4O3S/c1-5-24-12-14-25(15-13-24)17-18(2)16-22-21(26)11-8-19-6-9-20(10-7-19)29(27,28)23(3)4/h6-11,18H,5,12-17H2,1-4H3,(H,22,26). The van der Waals surface area contributed by atoms with Gasteiger partial charge < -0.3 is 15.1 Å². The van der Waals surface area contributed by atoms with Gasteiger partial charge >= 0.3 is 0 Å². The van der Waals surface area contributed by atoms with Gasteiger partial charge in [-0.2, -0.15) is 0 Å². The zero-order valence-electron chi connectivity index (χ0n) is 18.0. The average molecular weight is 423 g/mol. The number of carbonyl (C=O) groups excluding carboxylic acids is 1. The first-order chi connectivity index (χ1) is 13.7. The lowest BCUT2D eigenvalue weighted by Crippen LogP contribution is -2.48. The van der Waals surface area contributed by atoms with Crippen LogP contribution in [0.15, 0.2) is 35.2 Å². The van der Waals surface area contributed by atoms with Crippen LogP contribution in [0.5, 0.6) is 0 Å². The van der Waals surface area contributed by atoms with E-state index in [1.807, 2.05) is 0 Å². The lowest BCUT2D eigenvalue weighted by molar-refractivity contribution is -0.116. The van der Waals surface area contributed by atoms with E-state index in [1.54, 1.807) is 30.3 Å². The molecule has 1 fully saturated rings. The Balaban J connectivity index is 1.76. The fourth-order valence-corrected chi connectivity index (χ4v) is 4.16. The smallest absolute Gasteiger partial charge is 0.244 e. The highest BCUT2D eigenvalue weighted by Crippen LogP contribution is 2.14. The van der Waals surface area contributed by atoms with Crippen LogP contribution in [0.4, 0.5) is 0 Å². The van der Waals surface area contributed by atoms with E-state index in [0.29, 0.717) is 12.5 Å². The lowest BCUT2D eigenvalue weighted by Gasteiger charge is -2.35. The van der Waals surface area contributed by atoms with Crippen LogP contribution in [0.2, 0.25) is 0 Å². The van der Waals surface area contributed by atoms with Crippen molar-refractivity contribution in [1.29, 1.82) is 0 Å². The summed E-state index contributed by atoms with van der Waals surface area (Å²) in [6.45, 7) is 11.5. The molecule has 2 rings (SSSR count). The van der Waals surface area contributed by atoms with E-state index in [4.69, 9.17) is 0 Å². The zero-order valence-corrected chi connectivity index (χ0v) is 18.8. The van der Waals surface area contributed by atoms with Gasteiger partial charge in [0.05, 0.1) is 4.90 Å². The third kappa shape index (κ3) is 7.22. The SMILES string of the molecule is CCN1CCN(CC(C)CNC(=O)C=Cc2ccc(S(=O)(=O)N(C)C)cc2)CC1. The van der Waals surface area contributed by atoms with Gasteiger partial charge in [-0.3, -0.25) is 4.79 Å². The number of benzene rings is 1. The number of rotatable bonds is 9. The van der Waals surface area contributed by atoms with Crippen LogP contribution in [0.1, 0.15) is 19.4 Å². The predicted molar refractivity (Wildman–Crippen MR) is 117 cm³/mol.